The molecule has 3 heterocycles. The van der Waals surface area contributed by atoms with Crippen molar-refractivity contribution in [3.8, 4) is 0 Å². The number of carbonyl (C=O) groups excluding carboxylic acids is 2. The molecule has 1 aromatic carbocycles. The Morgan fingerprint density at radius 3 is 2.35 bits per heavy atom. The topological polar surface area (TPSA) is 85.3 Å². The van der Waals surface area contributed by atoms with Gasteiger partial charge in [0.1, 0.15) is 11.1 Å². The molecule has 1 aliphatic rings. The summed E-state index contributed by atoms with van der Waals surface area (Å²) in [6.07, 6.45) is 5.84. The van der Waals surface area contributed by atoms with Gasteiger partial charge >= 0.3 is 5.97 Å². The van der Waals surface area contributed by atoms with Crippen LogP contribution >= 0.6 is 11.3 Å². The number of benzene rings is 1. The van der Waals surface area contributed by atoms with Gasteiger partial charge in [-0.2, -0.15) is 0 Å². The van der Waals surface area contributed by atoms with Crippen molar-refractivity contribution in [3.05, 3.63) is 75.8 Å². The normalized spacial score (nSPS) is 21.6. The van der Waals surface area contributed by atoms with Crippen LogP contribution in [-0.2, 0) is 14.9 Å². The van der Waals surface area contributed by atoms with Crippen molar-refractivity contribution in [1.29, 1.82) is 0 Å². The number of carbonyl (C=O) groups is 2. The van der Waals surface area contributed by atoms with Crippen LogP contribution in [0.5, 0.6) is 0 Å². The van der Waals surface area contributed by atoms with Crippen molar-refractivity contribution in [3.63, 3.8) is 0 Å². The summed E-state index contributed by atoms with van der Waals surface area (Å²) < 4.78 is 6.09. The van der Waals surface area contributed by atoms with Crippen LogP contribution < -0.4 is 0 Å². The van der Waals surface area contributed by atoms with E-state index in [2.05, 4.69) is 49.6 Å². The third-order valence-electron chi connectivity index (χ3n) is 7.42. The van der Waals surface area contributed by atoms with Crippen LogP contribution in [0.1, 0.15) is 113 Å². The highest BCUT2D eigenvalue weighted by Crippen LogP contribution is 2.54. The van der Waals surface area contributed by atoms with E-state index in [1.54, 1.807) is 29.0 Å². The SMILES string of the molecule is Cc1cc(C(=O)N2[C@@H](c3cscn3)[C@@H](c3cnccn3)C[C@@]2(CC(C)C)C(=O)OC(C)(C)C)ccc1C(C)(C)C. The summed E-state index contributed by atoms with van der Waals surface area (Å²) in [5.41, 5.74) is 4.01. The van der Waals surface area contributed by atoms with Gasteiger partial charge in [0.25, 0.3) is 5.91 Å². The van der Waals surface area contributed by atoms with Gasteiger partial charge in [-0.1, -0.05) is 40.7 Å². The van der Waals surface area contributed by atoms with Crippen LogP contribution in [0.25, 0.3) is 0 Å². The maximum Gasteiger partial charge on any atom is 0.332 e. The fourth-order valence-corrected chi connectivity index (χ4v) is 6.67. The van der Waals surface area contributed by atoms with Gasteiger partial charge in [-0.15, -0.1) is 11.3 Å². The molecule has 0 unspecified atom stereocenters. The molecular weight excluding hydrogens is 520 g/mol. The summed E-state index contributed by atoms with van der Waals surface area (Å²) in [7, 11) is 0. The number of esters is 1. The first kappa shape index (κ1) is 29.8. The van der Waals surface area contributed by atoms with E-state index in [4.69, 9.17) is 4.74 Å². The zero-order chi connectivity index (χ0) is 29.5. The van der Waals surface area contributed by atoms with Gasteiger partial charge in [-0.25, -0.2) is 9.78 Å². The van der Waals surface area contributed by atoms with Crippen LogP contribution in [-0.4, -0.2) is 42.9 Å². The number of hydrogen-bond acceptors (Lipinski definition) is 7. The van der Waals surface area contributed by atoms with Crippen molar-refractivity contribution >= 4 is 23.2 Å². The Bertz CT molecular complexity index is 1340. The van der Waals surface area contributed by atoms with Gasteiger partial charge in [0, 0.05) is 35.5 Å². The van der Waals surface area contributed by atoms with E-state index in [0.29, 0.717) is 18.4 Å². The fraction of sp³-hybridized carbons (Fsp3) is 0.531. The number of ether oxygens (including phenoxy) is 1. The van der Waals surface area contributed by atoms with Crippen molar-refractivity contribution in [2.75, 3.05) is 0 Å². The second-order valence-corrected chi connectivity index (χ2v) is 14.1. The first-order valence-corrected chi connectivity index (χ1v) is 14.9. The molecule has 0 saturated carbocycles. The number of thiazole rings is 1. The van der Waals surface area contributed by atoms with Crippen LogP contribution in [0, 0.1) is 12.8 Å². The van der Waals surface area contributed by atoms with Gasteiger partial charge < -0.3 is 9.64 Å². The number of hydrogen-bond donors (Lipinski definition) is 0. The monoisotopic (exact) mass is 562 g/mol. The van der Waals surface area contributed by atoms with E-state index >= 15 is 0 Å². The highest BCUT2D eigenvalue weighted by molar-refractivity contribution is 7.07. The molecule has 4 rings (SSSR count). The van der Waals surface area contributed by atoms with Crippen molar-refractivity contribution in [2.45, 2.75) is 104 Å². The third kappa shape index (κ3) is 5.97. The van der Waals surface area contributed by atoms with E-state index in [1.165, 1.54) is 16.9 Å². The summed E-state index contributed by atoms with van der Waals surface area (Å²) in [4.78, 5) is 44.5. The molecule has 8 heteroatoms. The Morgan fingerprint density at radius 2 is 1.82 bits per heavy atom. The molecule has 3 atom stereocenters. The largest absolute Gasteiger partial charge is 0.458 e. The molecule has 7 nitrogen and oxygen atoms in total. The highest BCUT2D eigenvalue weighted by Gasteiger charge is 2.61. The van der Waals surface area contributed by atoms with Gasteiger partial charge in [-0.05, 0) is 75.1 Å². The van der Waals surface area contributed by atoms with E-state index in [9.17, 15) is 9.59 Å². The summed E-state index contributed by atoms with van der Waals surface area (Å²) in [5.74, 6) is -0.776. The second kappa shape index (κ2) is 11.0. The van der Waals surface area contributed by atoms with E-state index in [1.807, 2.05) is 51.3 Å². The Labute approximate surface area is 242 Å². The Balaban J connectivity index is 1.96. The number of nitrogens with zero attached hydrogens (tertiary/aromatic N) is 4. The van der Waals surface area contributed by atoms with Gasteiger partial charge in [0.15, 0.2) is 0 Å². The first-order valence-electron chi connectivity index (χ1n) is 14.0. The summed E-state index contributed by atoms with van der Waals surface area (Å²) >= 11 is 1.47. The molecule has 1 saturated heterocycles. The highest BCUT2D eigenvalue weighted by atomic mass is 32.1. The molecule has 2 aromatic heterocycles. The molecule has 1 fully saturated rings. The molecule has 1 aliphatic heterocycles. The van der Waals surface area contributed by atoms with Crippen LogP contribution in [0.3, 0.4) is 0 Å². The first-order chi connectivity index (χ1) is 18.6. The number of aromatic nitrogens is 3. The maximum absolute atomic E-state index is 14.8. The second-order valence-electron chi connectivity index (χ2n) is 13.4. The molecule has 40 heavy (non-hydrogen) atoms. The lowest BCUT2D eigenvalue weighted by Gasteiger charge is -2.41. The number of amides is 1. The molecule has 1 amide bonds. The van der Waals surface area contributed by atoms with Gasteiger partial charge in [0.2, 0.25) is 0 Å². The number of aryl methyl sites for hydroxylation is 1. The smallest absolute Gasteiger partial charge is 0.332 e. The van der Waals surface area contributed by atoms with Crippen LogP contribution in [0.2, 0.25) is 0 Å². The van der Waals surface area contributed by atoms with Crippen molar-refractivity contribution in [2.24, 2.45) is 5.92 Å². The molecular formula is C32H42N4O3S. The Kier molecular flexibility index (Phi) is 8.23. The minimum Gasteiger partial charge on any atom is -0.458 e. The molecule has 0 spiro atoms. The van der Waals surface area contributed by atoms with E-state index in [-0.39, 0.29) is 23.2 Å². The maximum atomic E-state index is 14.8. The van der Waals surface area contributed by atoms with Crippen molar-refractivity contribution in [1.82, 2.24) is 19.9 Å². The lowest BCUT2D eigenvalue weighted by Crippen LogP contribution is -2.56. The van der Waals surface area contributed by atoms with E-state index in [0.717, 1.165) is 17.0 Å². The predicted octanol–water partition coefficient (Wildman–Crippen LogP) is 7.04. The molecule has 3 aromatic rings. The fourth-order valence-electron chi connectivity index (χ4n) is 6.09. The zero-order valence-electron chi connectivity index (χ0n) is 25.2. The van der Waals surface area contributed by atoms with Crippen LogP contribution in [0.15, 0.2) is 47.7 Å². The summed E-state index contributed by atoms with van der Waals surface area (Å²) in [6, 6.07) is 5.36. The number of rotatable bonds is 6. The zero-order valence-corrected chi connectivity index (χ0v) is 26.0. The quantitative estimate of drug-likeness (QED) is 0.300. The predicted molar refractivity (Wildman–Crippen MR) is 158 cm³/mol. The van der Waals surface area contributed by atoms with Gasteiger partial charge in [-0.3, -0.25) is 14.8 Å². The minimum absolute atomic E-state index is 0.0581. The van der Waals surface area contributed by atoms with Crippen molar-refractivity contribution < 1.29 is 14.3 Å². The lowest BCUT2D eigenvalue weighted by molar-refractivity contribution is -0.168. The van der Waals surface area contributed by atoms with Gasteiger partial charge in [0.05, 0.1) is 22.9 Å². The molecule has 0 aliphatic carbocycles. The number of likely N-dealkylation sites (tertiary alicyclic amines) is 1. The summed E-state index contributed by atoms with van der Waals surface area (Å²) in [6.45, 7) is 18.3. The average molecular weight is 563 g/mol. The molecule has 214 valence electrons. The average Bonchev–Trinajstić information content (AvgIpc) is 3.49. The third-order valence-corrected chi connectivity index (χ3v) is 8.03. The van der Waals surface area contributed by atoms with E-state index < -0.39 is 23.2 Å². The minimum atomic E-state index is -1.22. The standard InChI is InChI=1S/C32H42N4O3S/c1-20(2)15-32(29(38)39-31(7,8)9)16-23(25-17-33-12-13-34-25)27(26-18-40-19-35-26)36(32)28(37)22-10-11-24(21(3)14-22)30(4,5)6/h10-14,17-20,23,27H,15-16H2,1-9H3/t23-,27-,32+/m1/s1. The Hall–Kier alpha value is -3.13. The Morgan fingerprint density at radius 1 is 1.10 bits per heavy atom. The summed E-state index contributed by atoms with van der Waals surface area (Å²) in [5, 5.41) is 1.96. The molecule has 0 N–H and O–H groups in total. The van der Waals surface area contributed by atoms with Crippen LogP contribution in [0.4, 0.5) is 0 Å². The molecule has 0 bridgehead atoms. The lowest BCUT2D eigenvalue weighted by atomic mass is 9.82. The molecule has 0 radical (unpaired) electrons.